The molecule has 0 aromatic carbocycles. The van der Waals surface area contributed by atoms with E-state index in [9.17, 15) is 114 Å². The minimum absolute atomic E-state index is 0.844. The lowest BCUT2D eigenvalue weighted by Gasteiger charge is -2.42. The van der Waals surface area contributed by atoms with Crippen LogP contribution in [-0.2, 0) is 0 Å². The van der Waals surface area contributed by atoms with Gasteiger partial charge in [0.25, 0.3) is 0 Å². The molecule has 0 aliphatic rings. The molecule has 0 bridgehead atoms. The fraction of sp³-hybridized carbons (Fsp3) is 1.00. The third-order valence-corrected chi connectivity index (χ3v) is 5.47. The van der Waals surface area contributed by atoms with E-state index in [4.69, 9.17) is 0 Å². The molecular formula is C16H8F26. The molecule has 0 saturated heterocycles. The maximum Gasteiger partial charge on any atom is 0.460 e. The van der Waals surface area contributed by atoms with Crippen molar-refractivity contribution in [3.8, 4) is 0 Å². The first-order chi connectivity index (χ1) is 17.6. The third-order valence-electron chi connectivity index (χ3n) is 5.47. The monoisotopic (exact) mass is 694 g/mol. The second-order valence-electron chi connectivity index (χ2n) is 8.36. The molecule has 1 unspecified atom stereocenters. The molecule has 0 radical (unpaired) electrons. The first-order valence-corrected chi connectivity index (χ1v) is 9.54. The van der Waals surface area contributed by atoms with Crippen molar-refractivity contribution in [2.45, 2.75) is 91.3 Å². The van der Waals surface area contributed by atoms with Gasteiger partial charge in [0, 0.05) is 12.3 Å². The van der Waals surface area contributed by atoms with Crippen LogP contribution in [0.1, 0.15) is 19.8 Å². The van der Waals surface area contributed by atoms with Gasteiger partial charge in [-0.2, -0.15) is 114 Å². The van der Waals surface area contributed by atoms with Gasteiger partial charge in [0.15, 0.2) is 0 Å². The van der Waals surface area contributed by atoms with Crippen molar-refractivity contribution in [2.24, 2.45) is 5.92 Å². The van der Waals surface area contributed by atoms with Gasteiger partial charge in [-0.25, -0.2) is 0 Å². The molecule has 0 amide bonds. The fourth-order valence-corrected chi connectivity index (χ4v) is 2.63. The Kier molecular flexibility index (Phi) is 9.67. The highest BCUT2D eigenvalue weighted by atomic mass is 19.4. The molecule has 0 saturated carbocycles. The van der Waals surface area contributed by atoms with Crippen LogP contribution in [0.2, 0.25) is 0 Å². The summed E-state index contributed by atoms with van der Waals surface area (Å²) in [6.45, 7) is -0.844. The summed E-state index contributed by atoms with van der Waals surface area (Å²) in [4.78, 5) is 0. The maximum absolute atomic E-state index is 13.9. The summed E-state index contributed by atoms with van der Waals surface area (Å²) < 4.78 is 339. The molecule has 0 N–H and O–H groups in total. The van der Waals surface area contributed by atoms with Crippen molar-refractivity contribution in [2.75, 3.05) is 0 Å². The van der Waals surface area contributed by atoms with Crippen molar-refractivity contribution in [3.05, 3.63) is 0 Å². The quantitative estimate of drug-likeness (QED) is 0.179. The zero-order valence-corrected chi connectivity index (χ0v) is 18.8. The lowest BCUT2D eigenvalue weighted by molar-refractivity contribution is -0.444. The van der Waals surface area contributed by atoms with Crippen LogP contribution in [0.4, 0.5) is 114 Å². The molecule has 0 fully saturated rings. The third kappa shape index (κ3) is 5.26. The van der Waals surface area contributed by atoms with Crippen molar-refractivity contribution >= 4 is 0 Å². The van der Waals surface area contributed by atoms with E-state index in [-0.39, 0.29) is 0 Å². The van der Waals surface area contributed by atoms with Crippen LogP contribution in [0.15, 0.2) is 0 Å². The highest BCUT2D eigenvalue weighted by Gasteiger charge is 2.92. The van der Waals surface area contributed by atoms with Gasteiger partial charge in [0.05, 0.1) is 0 Å². The molecule has 0 spiro atoms. The number of hydrogen-bond acceptors (Lipinski definition) is 0. The van der Waals surface area contributed by atoms with Crippen LogP contribution in [0, 0.1) is 5.92 Å². The summed E-state index contributed by atoms with van der Waals surface area (Å²) in [5, 5.41) is 0. The van der Waals surface area contributed by atoms with Gasteiger partial charge in [-0.05, 0) is 6.42 Å². The van der Waals surface area contributed by atoms with Crippen LogP contribution in [0.3, 0.4) is 0 Å². The summed E-state index contributed by atoms with van der Waals surface area (Å²) >= 11 is 0. The van der Waals surface area contributed by atoms with Gasteiger partial charge in [-0.15, -0.1) is 0 Å². The Morgan fingerprint density at radius 2 is 0.571 bits per heavy atom. The lowest BCUT2D eigenvalue weighted by atomic mass is 9.84. The van der Waals surface area contributed by atoms with Crippen molar-refractivity contribution in [1.29, 1.82) is 0 Å². The van der Waals surface area contributed by atoms with Crippen LogP contribution in [0.5, 0.6) is 0 Å². The average molecular weight is 694 g/mol. The molecular weight excluding hydrogens is 686 g/mol. The first kappa shape index (κ1) is 40.2. The predicted octanol–water partition coefficient (Wildman–Crippen LogP) is 9.88. The SMILES string of the molecule is CC(CCC(F)(F)C(F)(F)C(F)(F)C(F)(F)C(F)(F)C(F)(F)F)C(F)(F)C(F)(F)C(F)(F)C(F)(F)C(F)(F)C(F)(F)F. The van der Waals surface area contributed by atoms with E-state index in [1.165, 1.54) is 0 Å². The number of rotatable bonds is 12. The molecule has 42 heavy (non-hydrogen) atoms. The summed E-state index contributed by atoms with van der Waals surface area (Å²) in [7, 11) is 0. The molecule has 1 atom stereocenters. The molecule has 0 aliphatic heterocycles. The summed E-state index contributed by atoms with van der Waals surface area (Å²) in [5.74, 6) is -85.8. The van der Waals surface area contributed by atoms with Crippen LogP contribution >= 0.6 is 0 Å². The maximum atomic E-state index is 13.9. The van der Waals surface area contributed by atoms with Crippen LogP contribution in [0.25, 0.3) is 0 Å². The number of alkyl halides is 26. The van der Waals surface area contributed by atoms with E-state index < -0.39 is 97.3 Å². The van der Waals surface area contributed by atoms with Gasteiger partial charge >= 0.3 is 71.6 Å². The molecule has 26 heteroatoms. The zero-order valence-electron chi connectivity index (χ0n) is 18.8. The second-order valence-corrected chi connectivity index (χ2v) is 8.36. The van der Waals surface area contributed by atoms with Gasteiger partial charge < -0.3 is 0 Å². The van der Waals surface area contributed by atoms with Crippen LogP contribution < -0.4 is 0 Å². The Morgan fingerprint density at radius 1 is 0.333 bits per heavy atom. The Balaban J connectivity index is 6.49. The van der Waals surface area contributed by atoms with Crippen molar-refractivity contribution in [3.63, 3.8) is 0 Å². The van der Waals surface area contributed by atoms with Gasteiger partial charge in [0.1, 0.15) is 0 Å². The van der Waals surface area contributed by atoms with Gasteiger partial charge in [-0.1, -0.05) is 6.92 Å². The Labute approximate surface area is 213 Å². The van der Waals surface area contributed by atoms with Crippen LogP contribution in [-0.4, -0.2) is 71.6 Å². The number of hydrogen-bond donors (Lipinski definition) is 0. The molecule has 0 heterocycles. The smallest absolute Gasteiger partial charge is 0.200 e. The Morgan fingerprint density at radius 3 is 0.833 bits per heavy atom. The van der Waals surface area contributed by atoms with E-state index in [1.54, 1.807) is 0 Å². The summed E-state index contributed by atoms with van der Waals surface area (Å²) in [5.41, 5.74) is 0. The highest BCUT2D eigenvalue weighted by Crippen LogP contribution is 2.63. The van der Waals surface area contributed by atoms with Crippen molar-refractivity contribution < 1.29 is 114 Å². The summed E-state index contributed by atoms with van der Waals surface area (Å²) in [6, 6.07) is 0. The van der Waals surface area contributed by atoms with E-state index in [1.807, 2.05) is 0 Å². The normalized spacial score (nSPS) is 17.5. The van der Waals surface area contributed by atoms with Crippen molar-refractivity contribution in [1.82, 2.24) is 0 Å². The van der Waals surface area contributed by atoms with E-state index in [0.29, 0.717) is 0 Å². The fourth-order valence-electron chi connectivity index (χ4n) is 2.63. The molecule has 0 aromatic rings. The first-order valence-electron chi connectivity index (χ1n) is 9.54. The second kappa shape index (κ2) is 10.1. The molecule has 254 valence electrons. The minimum Gasteiger partial charge on any atom is -0.200 e. The van der Waals surface area contributed by atoms with Gasteiger partial charge in [0.2, 0.25) is 0 Å². The standard InChI is InChI=1S/C16H8F26/c1-4(6(19,20)8(23,24)10(27,28)12(31,32)14(35,36)16(40,41)42)2-3-5(17,18)7(21,22)9(25,26)11(29,30)13(33,34)15(37,38)39/h4H,2-3H2,1H3. The molecule has 0 nitrogen and oxygen atoms in total. The molecule has 0 rings (SSSR count). The minimum atomic E-state index is -8.51. The summed E-state index contributed by atoms with van der Waals surface area (Å²) in [6.07, 6.45) is -22.7. The lowest BCUT2D eigenvalue weighted by Crippen LogP contribution is -2.71. The Bertz CT molecular complexity index is 946. The topological polar surface area (TPSA) is 0 Å². The van der Waals surface area contributed by atoms with E-state index >= 15 is 0 Å². The molecule has 0 aromatic heterocycles. The van der Waals surface area contributed by atoms with Gasteiger partial charge in [-0.3, -0.25) is 0 Å². The highest BCUT2D eigenvalue weighted by molar-refractivity contribution is 5.12. The Hall–Kier alpha value is -1.82. The molecule has 0 aliphatic carbocycles. The number of halogens is 26. The van der Waals surface area contributed by atoms with E-state index in [2.05, 4.69) is 0 Å². The largest absolute Gasteiger partial charge is 0.460 e. The van der Waals surface area contributed by atoms with E-state index in [0.717, 1.165) is 0 Å². The average Bonchev–Trinajstić information content (AvgIpc) is 2.74. The zero-order chi connectivity index (χ0) is 35.0. The predicted molar refractivity (Wildman–Crippen MR) is 80.0 cm³/mol.